The van der Waals surface area contributed by atoms with Gasteiger partial charge in [0.2, 0.25) is 0 Å². The summed E-state index contributed by atoms with van der Waals surface area (Å²) in [5.41, 5.74) is 1.45. The molecule has 15 heavy (non-hydrogen) atoms. The van der Waals surface area contributed by atoms with Crippen molar-refractivity contribution >= 4 is 43.5 Å². The van der Waals surface area contributed by atoms with Crippen LogP contribution in [0.1, 0.15) is 31.9 Å². The third-order valence-electron chi connectivity index (χ3n) is 2.03. The van der Waals surface area contributed by atoms with Crippen LogP contribution in [-0.4, -0.2) is 0 Å². The summed E-state index contributed by atoms with van der Waals surface area (Å²) in [5.74, 6) is 0. The summed E-state index contributed by atoms with van der Waals surface area (Å²) in [7, 11) is 0. The third kappa shape index (κ3) is 2.55. The van der Waals surface area contributed by atoms with Crippen molar-refractivity contribution in [3.63, 3.8) is 0 Å². The van der Waals surface area contributed by atoms with Crippen LogP contribution in [0.2, 0.25) is 5.02 Å². The van der Waals surface area contributed by atoms with E-state index in [4.69, 9.17) is 16.9 Å². The van der Waals surface area contributed by atoms with Gasteiger partial charge < -0.3 is 0 Å². The first-order valence-electron chi connectivity index (χ1n) is 4.37. The second kappa shape index (κ2) is 4.45. The molecule has 1 aromatic rings. The molecule has 0 unspecified atom stereocenters. The highest BCUT2D eigenvalue weighted by molar-refractivity contribution is 9.11. The Kier molecular flexibility index (Phi) is 3.86. The maximum atomic E-state index is 9.03. The van der Waals surface area contributed by atoms with Crippen LogP contribution >= 0.6 is 43.5 Å². The smallest absolute Gasteiger partial charge is 0.102 e. The fourth-order valence-corrected chi connectivity index (χ4v) is 4.01. The zero-order chi connectivity index (χ0) is 11.8. The third-order valence-corrected chi connectivity index (χ3v) is 3.75. The van der Waals surface area contributed by atoms with Gasteiger partial charge in [0.1, 0.15) is 6.07 Å². The lowest BCUT2D eigenvalue weighted by Crippen LogP contribution is -2.13. The van der Waals surface area contributed by atoms with Crippen molar-refractivity contribution in [1.29, 1.82) is 5.26 Å². The van der Waals surface area contributed by atoms with Gasteiger partial charge in [0.15, 0.2) is 0 Å². The summed E-state index contributed by atoms with van der Waals surface area (Å²) < 4.78 is 1.49. The van der Waals surface area contributed by atoms with Gasteiger partial charge in [0.05, 0.1) is 5.56 Å². The Bertz CT molecular complexity index is 441. The molecule has 0 heterocycles. The van der Waals surface area contributed by atoms with Crippen molar-refractivity contribution in [3.05, 3.63) is 31.2 Å². The zero-order valence-electron chi connectivity index (χ0n) is 8.66. The van der Waals surface area contributed by atoms with Gasteiger partial charge in [0.25, 0.3) is 0 Å². The maximum absolute atomic E-state index is 9.03. The van der Waals surface area contributed by atoms with Gasteiger partial charge in [-0.25, -0.2) is 0 Å². The highest BCUT2D eigenvalue weighted by Crippen LogP contribution is 2.40. The molecule has 0 bridgehead atoms. The minimum absolute atomic E-state index is 0.0950. The zero-order valence-corrected chi connectivity index (χ0v) is 12.6. The molecule has 0 saturated carbocycles. The Hall–Kier alpha value is -0.0400. The van der Waals surface area contributed by atoms with Gasteiger partial charge >= 0.3 is 0 Å². The average Bonchev–Trinajstić information content (AvgIpc) is 2.00. The Balaban J connectivity index is 3.63. The van der Waals surface area contributed by atoms with Gasteiger partial charge in [-0.3, -0.25) is 0 Å². The summed E-state index contributed by atoms with van der Waals surface area (Å²) in [5, 5.41) is 9.69. The fraction of sp³-hybridized carbons (Fsp3) is 0.364. The number of rotatable bonds is 0. The van der Waals surface area contributed by atoms with Crippen LogP contribution < -0.4 is 0 Å². The number of benzene rings is 1. The number of nitriles is 1. The van der Waals surface area contributed by atoms with Crippen LogP contribution in [-0.2, 0) is 5.41 Å². The van der Waals surface area contributed by atoms with Crippen LogP contribution in [0, 0.1) is 11.3 Å². The molecule has 0 radical (unpaired) electrons. The molecule has 0 saturated heterocycles. The summed E-state index contributed by atoms with van der Waals surface area (Å²) in [6.07, 6.45) is 0. The molecule has 0 spiro atoms. The Morgan fingerprint density at radius 1 is 1.33 bits per heavy atom. The number of nitrogens with zero attached hydrogens (tertiary/aromatic N) is 1. The molecule has 0 aliphatic carbocycles. The van der Waals surface area contributed by atoms with Gasteiger partial charge in [-0.15, -0.1) is 0 Å². The van der Waals surface area contributed by atoms with Crippen molar-refractivity contribution in [1.82, 2.24) is 0 Å². The molecular formula is C11H10Br2ClN. The SMILES string of the molecule is CC(C)(C)c1c(Cl)cc(Br)c(C#N)c1Br. The van der Waals surface area contributed by atoms with Gasteiger partial charge in [-0.2, -0.15) is 5.26 Å². The standard InChI is InChI=1S/C11H10Br2ClN/c1-11(2,3)9-8(14)4-7(12)6(5-15)10(9)13/h4H,1-3H3. The predicted molar refractivity (Wildman–Crippen MR) is 70.3 cm³/mol. The molecule has 1 aromatic carbocycles. The normalized spacial score (nSPS) is 11.3. The van der Waals surface area contributed by atoms with Crippen molar-refractivity contribution in [2.75, 3.05) is 0 Å². The molecule has 4 heteroatoms. The molecular weight excluding hydrogens is 341 g/mol. The molecule has 80 valence electrons. The quantitative estimate of drug-likeness (QED) is 0.643. The minimum Gasteiger partial charge on any atom is -0.192 e. The highest BCUT2D eigenvalue weighted by Gasteiger charge is 2.24. The van der Waals surface area contributed by atoms with Crippen molar-refractivity contribution in [2.24, 2.45) is 0 Å². The summed E-state index contributed by atoms with van der Waals surface area (Å²) in [6.45, 7) is 6.19. The van der Waals surface area contributed by atoms with Crippen LogP contribution in [0.25, 0.3) is 0 Å². The summed E-state index contributed by atoms with van der Waals surface area (Å²) in [6, 6.07) is 3.92. The van der Waals surface area contributed by atoms with Crippen molar-refractivity contribution < 1.29 is 0 Å². The molecule has 0 aromatic heterocycles. The second-order valence-electron chi connectivity index (χ2n) is 4.27. The first-order valence-corrected chi connectivity index (χ1v) is 6.33. The largest absolute Gasteiger partial charge is 0.192 e. The van der Waals surface area contributed by atoms with E-state index in [2.05, 4.69) is 58.7 Å². The van der Waals surface area contributed by atoms with E-state index in [0.29, 0.717) is 10.6 Å². The monoisotopic (exact) mass is 349 g/mol. The number of hydrogen-bond donors (Lipinski definition) is 0. The molecule has 1 rings (SSSR count). The van der Waals surface area contributed by atoms with E-state index in [9.17, 15) is 0 Å². The highest BCUT2D eigenvalue weighted by atomic mass is 79.9. The van der Waals surface area contributed by atoms with Gasteiger partial charge in [-0.05, 0) is 48.9 Å². The van der Waals surface area contributed by atoms with E-state index in [-0.39, 0.29) is 5.41 Å². The first-order chi connectivity index (χ1) is 6.79. The van der Waals surface area contributed by atoms with E-state index in [0.717, 1.165) is 14.5 Å². The maximum Gasteiger partial charge on any atom is 0.102 e. The molecule has 0 N–H and O–H groups in total. The number of halogens is 3. The number of hydrogen-bond acceptors (Lipinski definition) is 1. The lowest BCUT2D eigenvalue weighted by atomic mass is 9.86. The van der Waals surface area contributed by atoms with Crippen LogP contribution in [0.15, 0.2) is 15.0 Å². The van der Waals surface area contributed by atoms with Crippen LogP contribution in [0.5, 0.6) is 0 Å². The molecule has 0 fully saturated rings. The molecule has 1 nitrogen and oxygen atoms in total. The lowest BCUT2D eigenvalue weighted by molar-refractivity contribution is 0.587. The van der Waals surface area contributed by atoms with Crippen molar-refractivity contribution in [2.45, 2.75) is 26.2 Å². The Morgan fingerprint density at radius 2 is 1.87 bits per heavy atom. The molecule has 0 aliphatic heterocycles. The van der Waals surface area contributed by atoms with E-state index in [1.807, 2.05) is 0 Å². The molecule has 0 amide bonds. The Morgan fingerprint density at radius 3 is 2.27 bits per heavy atom. The molecule has 0 aliphatic rings. The van der Waals surface area contributed by atoms with Crippen LogP contribution in [0.4, 0.5) is 0 Å². The predicted octanol–water partition coefficient (Wildman–Crippen LogP) is 5.03. The van der Waals surface area contributed by atoms with E-state index in [1.54, 1.807) is 6.07 Å². The van der Waals surface area contributed by atoms with E-state index >= 15 is 0 Å². The second-order valence-corrected chi connectivity index (χ2v) is 6.32. The van der Waals surface area contributed by atoms with E-state index in [1.165, 1.54) is 0 Å². The topological polar surface area (TPSA) is 23.8 Å². The van der Waals surface area contributed by atoms with Crippen molar-refractivity contribution in [3.8, 4) is 6.07 Å². The fourth-order valence-electron chi connectivity index (χ4n) is 1.38. The van der Waals surface area contributed by atoms with Gasteiger partial charge in [-0.1, -0.05) is 32.4 Å². The summed E-state index contributed by atoms with van der Waals surface area (Å²) in [4.78, 5) is 0. The molecule has 0 atom stereocenters. The summed E-state index contributed by atoms with van der Waals surface area (Å²) >= 11 is 12.9. The van der Waals surface area contributed by atoms with Crippen LogP contribution in [0.3, 0.4) is 0 Å². The lowest BCUT2D eigenvalue weighted by Gasteiger charge is -2.23. The first kappa shape index (κ1) is 13.0. The Labute approximate surface area is 112 Å². The average molecular weight is 351 g/mol. The van der Waals surface area contributed by atoms with E-state index < -0.39 is 0 Å². The van der Waals surface area contributed by atoms with Gasteiger partial charge in [0, 0.05) is 14.0 Å². The minimum atomic E-state index is -0.0950.